The monoisotopic (exact) mass is 476 g/mol. The molecule has 1 aliphatic rings. The molecule has 3 heterocycles. The van der Waals surface area contributed by atoms with Gasteiger partial charge in [0.2, 0.25) is 21.8 Å². The van der Waals surface area contributed by atoms with Crippen LogP contribution in [0.1, 0.15) is 17.5 Å². The largest absolute Gasteiger partial charge is 0.474 e. The van der Waals surface area contributed by atoms with Gasteiger partial charge < -0.3 is 14.6 Å². The van der Waals surface area contributed by atoms with E-state index in [1.165, 1.54) is 12.1 Å². The molecule has 0 atom stereocenters. The number of sulfonamides is 1. The Labute approximate surface area is 197 Å². The van der Waals surface area contributed by atoms with E-state index in [9.17, 15) is 13.2 Å². The van der Waals surface area contributed by atoms with Gasteiger partial charge in [0.15, 0.2) is 0 Å². The summed E-state index contributed by atoms with van der Waals surface area (Å²) in [4.78, 5) is 22.7. The van der Waals surface area contributed by atoms with Crippen LogP contribution in [0.5, 0.6) is 5.88 Å². The molecule has 0 saturated carbocycles. The molecule has 8 nitrogen and oxygen atoms in total. The van der Waals surface area contributed by atoms with E-state index in [4.69, 9.17) is 9.88 Å². The van der Waals surface area contributed by atoms with Crippen molar-refractivity contribution >= 4 is 32.5 Å². The van der Waals surface area contributed by atoms with Crippen LogP contribution >= 0.6 is 0 Å². The van der Waals surface area contributed by atoms with Crippen molar-refractivity contribution in [1.82, 2.24) is 9.97 Å². The number of pyridine rings is 1. The molecule has 1 amide bonds. The van der Waals surface area contributed by atoms with Crippen molar-refractivity contribution in [2.45, 2.75) is 24.7 Å². The number of carbonyl (C=O) groups excluding carboxylic acids is 1. The normalized spacial score (nSPS) is 13.5. The summed E-state index contributed by atoms with van der Waals surface area (Å²) < 4.78 is 29.4. The summed E-state index contributed by atoms with van der Waals surface area (Å²) >= 11 is 0. The van der Waals surface area contributed by atoms with Gasteiger partial charge in [-0.25, -0.2) is 18.5 Å². The molecule has 0 saturated heterocycles. The Morgan fingerprint density at radius 1 is 1.21 bits per heavy atom. The van der Waals surface area contributed by atoms with E-state index < -0.39 is 10.0 Å². The van der Waals surface area contributed by atoms with Crippen molar-refractivity contribution in [3.8, 4) is 17.0 Å². The topological polar surface area (TPSA) is 118 Å². The van der Waals surface area contributed by atoms with Gasteiger partial charge >= 0.3 is 0 Å². The van der Waals surface area contributed by atoms with E-state index in [2.05, 4.69) is 9.97 Å². The van der Waals surface area contributed by atoms with Crippen LogP contribution in [-0.2, 0) is 21.2 Å². The molecule has 2 aromatic carbocycles. The van der Waals surface area contributed by atoms with Gasteiger partial charge in [-0.1, -0.05) is 30.3 Å². The number of aryl methyl sites for hydroxylation is 1. The first kappa shape index (κ1) is 22.1. The van der Waals surface area contributed by atoms with Crippen LogP contribution in [0.4, 0.5) is 5.69 Å². The minimum absolute atomic E-state index is 0.0184. The second kappa shape index (κ2) is 8.58. The number of nitrogens with two attached hydrogens (primary N) is 1. The minimum Gasteiger partial charge on any atom is -0.474 e. The number of nitrogens with zero attached hydrogens (tertiary/aromatic N) is 2. The summed E-state index contributed by atoms with van der Waals surface area (Å²) in [7, 11) is -3.84. The highest BCUT2D eigenvalue weighted by Crippen LogP contribution is 2.39. The molecule has 9 heteroatoms. The number of hydrogen-bond acceptors (Lipinski definition) is 5. The lowest BCUT2D eigenvalue weighted by Crippen LogP contribution is -2.39. The summed E-state index contributed by atoms with van der Waals surface area (Å²) in [5, 5.41) is 6.42. The van der Waals surface area contributed by atoms with Crippen molar-refractivity contribution < 1.29 is 17.9 Å². The maximum Gasteiger partial charge on any atom is 0.238 e. The molecule has 0 bridgehead atoms. The smallest absolute Gasteiger partial charge is 0.238 e. The fraction of sp³-hybridized carbons (Fsp3) is 0.200. The molecule has 0 radical (unpaired) electrons. The SMILES string of the molecule is Cc1c(-c2cccc(S(N)(=O)=O)c2)cnc2c1N(C(=O)CCc1c[nH]c3ccccc13)CCO2. The van der Waals surface area contributed by atoms with Crippen LogP contribution in [0.15, 0.2) is 65.8 Å². The highest BCUT2D eigenvalue weighted by Gasteiger charge is 2.28. The van der Waals surface area contributed by atoms with Crippen LogP contribution in [0.25, 0.3) is 22.0 Å². The van der Waals surface area contributed by atoms with Crippen molar-refractivity contribution in [2.75, 3.05) is 18.1 Å². The number of aromatic nitrogens is 2. The number of hydrogen-bond donors (Lipinski definition) is 2. The number of amides is 1. The third-order valence-electron chi connectivity index (χ3n) is 6.15. The second-order valence-electron chi connectivity index (χ2n) is 8.28. The van der Waals surface area contributed by atoms with E-state index >= 15 is 0 Å². The van der Waals surface area contributed by atoms with Gasteiger partial charge in [-0.3, -0.25) is 4.79 Å². The van der Waals surface area contributed by atoms with Gasteiger partial charge in [0, 0.05) is 35.3 Å². The predicted molar refractivity (Wildman–Crippen MR) is 130 cm³/mol. The maximum atomic E-state index is 13.3. The van der Waals surface area contributed by atoms with Crippen LogP contribution in [0.2, 0.25) is 0 Å². The third kappa shape index (κ3) is 4.04. The number of para-hydroxylation sites is 1. The van der Waals surface area contributed by atoms with Crippen molar-refractivity contribution in [3.05, 3.63) is 72.1 Å². The summed E-state index contributed by atoms with van der Waals surface area (Å²) in [6.07, 6.45) is 4.54. The number of aromatic amines is 1. The Bertz CT molecular complexity index is 1510. The average Bonchev–Trinajstić information content (AvgIpc) is 3.25. The predicted octanol–water partition coefficient (Wildman–Crippen LogP) is 3.54. The molecule has 0 fully saturated rings. The molecule has 4 aromatic rings. The number of ether oxygens (including phenoxy) is 1. The molecule has 5 rings (SSSR count). The Morgan fingerprint density at radius 3 is 2.85 bits per heavy atom. The number of fused-ring (bicyclic) bond motifs is 2. The van der Waals surface area contributed by atoms with E-state index in [0.29, 0.717) is 48.7 Å². The maximum absolute atomic E-state index is 13.3. The standard InChI is InChI=1S/C25H24N4O4S/c1-16-21(17-5-4-6-19(13-17)34(26,31)32)15-28-25-24(16)29(11-12-33-25)23(30)10-9-18-14-27-22-8-3-2-7-20(18)22/h2-8,13-15,27H,9-12H2,1H3,(H2,26,31,32). The number of anilines is 1. The zero-order chi connectivity index (χ0) is 23.9. The quantitative estimate of drug-likeness (QED) is 0.457. The van der Waals surface area contributed by atoms with Crippen LogP contribution < -0.4 is 14.8 Å². The molecule has 0 unspecified atom stereocenters. The van der Waals surface area contributed by atoms with Gasteiger partial charge in [-0.15, -0.1) is 0 Å². The number of benzene rings is 2. The molecule has 0 spiro atoms. The van der Waals surface area contributed by atoms with Gasteiger partial charge in [-0.05, 0) is 48.2 Å². The Hall–Kier alpha value is -3.69. The Morgan fingerprint density at radius 2 is 2.03 bits per heavy atom. The molecule has 0 aliphatic carbocycles. The van der Waals surface area contributed by atoms with Gasteiger partial charge in [0.05, 0.1) is 11.4 Å². The lowest BCUT2D eigenvalue weighted by atomic mass is 10.0. The van der Waals surface area contributed by atoms with Gasteiger partial charge in [-0.2, -0.15) is 0 Å². The molecule has 3 N–H and O–H groups in total. The average molecular weight is 477 g/mol. The summed E-state index contributed by atoms with van der Waals surface area (Å²) in [5.74, 6) is 0.380. The highest BCUT2D eigenvalue weighted by atomic mass is 32.2. The van der Waals surface area contributed by atoms with Crippen molar-refractivity contribution in [2.24, 2.45) is 5.14 Å². The van der Waals surface area contributed by atoms with E-state index in [1.807, 2.05) is 37.4 Å². The summed E-state index contributed by atoms with van der Waals surface area (Å²) in [5.41, 5.74) is 4.92. The minimum atomic E-state index is -3.84. The van der Waals surface area contributed by atoms with Crippen LogP contribution in [0, 0.1) is 6.92 Å². The zero-order valence-electron chi connectivity index (χ0n) is 18.6. The van der Waals surface area contributed by atoms with Crippen molar-refractivity contribution in [1.29, 1.82) is 0 Å². The first-order valence-corrected chi connectivity index (χ1v) is 12.5. The third-order valence-corrected chi connectivity index (χ3v) is 7.07. The molecule has 1 aliphatic heterocycles. The van der Waals surface area contributed by atoms with Crippen molar-refractivity contribution in [3.63, 3.8) is 0 Å². The lowest BCUT2D eigenvalue weighted by molar-refractivity contribution is -0.118. The number of nitrogens with one attached hydrogen (secondary N) is 1. The molecular weight excluding hydrogens is 452 g/mol. The van der Waals surface area contributed by atoms with E-state index in [0.717, 1.165) is 22.0 Å². The van der Waals surface area contributed by atoms with Gasteiger partial charge in [0.1, 0.15) is 12.3 Å². The number of H-pyrrole nitrogens is 1. The fourth-order valence-corrected chi connectivity index (χ4v) is 4.99. The summed E-state index contributed by atoms with van der Waals surface area (Å²) in [6, 6.07) is 14.4. The highest BCUT2D eigenvalue weighted by molar-refractivity contribution is 7.89. The lowest BCUT2D eigenvalue weighted by Gasteiger charge is -2.31. The van der Waals surface area contributed by atoms with Crippen LogP contribution in [0.3, 0.4) is 0 Å². The Balaban J connectivity index is 1.45. The first-order valence-electron chi connectivity index (χ1n) is 10.9. The second-order valence-corrected chi connectivity index (χ2v) is 9.84. The van der Waals surface area contributed by atoms with E-state index in [-0.39, 0.29) is 10.8 Å². The van der Waals surface area contributed by atoms with Crippen LogP contribution in [-0.4, -0.2) is 37.4 Å². The van der Waals surface area contributed by atoms with Gasteiger partial charge in [0.25, 0.3) is 0 Å². The molecule has 174 valence electrons. The number of carbonyl (C=O) groups is 1. The zero-order valence-corrected chi connectivity index (χ0v) is 19.4. The number of primary sulfonamides is 1. The fourth-order valence-electron chi connectivity index (χ4n) is 4.43. The summed E-state index contributed by atoms with van der Waals surface area (Å²) in [6.45, 7) is 2.66. The first-order chi connectivity index (χ1) is 16.3. The molecule has 2 aromatic heterocycles. The molecular formula is C25H24N4O4S. The Kier molecular flexibility index (Phi) is 5.59. The molecule has 34 heavy (non-hydrogen) atoms. The van der Waals surface area contributed by atoms with E-state index in [1.54, 1.807) is 23.2 Å². The number of rotatable bonds is 5.